The largest absolute Gasteiger partial charge is 0.530 e. The summed E-state index contributed by atoms with van der Waals surface area (Å²) in [4.78, 5) is 24.1. The molecule has 0 saturated heterocycles. The summed E-state index contributed by atoms with van der Waals surface area (Å²) >= 11 is 0. The zero-order valence-electron chi connectivity index (χ0n) is 20.6. The molecular weight excluding hydrogens is 435 g/mol. The Balaban J connectivity index is 3.55. The van der Waals surface area contributed by atoms with Gasteiger partial charge in [-0.3, -0.25) is 18.6 Å². The molecular formula is C23H37O8P. The molecule has 1 rings (SSSR count). The number of benzene rings is 1. The monoisotopic (exact) mass is 472 g/mol. The highest BCUT2D eigenvalue weighted by Gasteiger charge is 2.37. The van der Waals surface area contributed by atoms with Crippen LogP contribution in [-0.2, 0) is 39.8 Å². The summed E-state index contributed by atoms with van der Waals surface area (Å²) in [6.07, 6.45) is -1.23. The van der Waals surface area contributed by atoms with Gasteiger partial charge < -0.3 is 14.4 Å². The molecule has 0 atom stereocenters. The van der Waals surface area contributed by atoms with Crippen LogP contribution in [0.3, 0.4) is 0 Å². The maximum absolute atomic E-state index is 13.4. The van der Waals surface area contributed by atoms with Crippen LogP contribution < -0.4 is 4.52 Å². The van der Waals surface area contributed by atoms with Gasteiger partial charge in [0.1, 0.15) is 11.4 Å². The molecule has 0 radical (unpaired) electrons. The van der Waals surface area contributed by atoms with E-state index in [9.17, 15) is 19.3 Å². The maximum Gasteiger partial charge on any atom is 0.530 e. The highest BCUT2D eigenvalue weighted by atomic mass is 31.2. The quantitative estimate of drug-likeness (QED) is 0.325. The summed E-state index contributed by atoms with van der Waals surface area (Å²) < 4.78 is 35.6. The van der Waals surface area contributed by atoms with Gasteiger partial charge >= 0.3 is 19.8 Å². The molecule has 0 aliphatic carbocycles. The SMILES string of the molecule is CC(C)OP(=O)(Oc1cccc(CC(=O)OC(C)(C)C)c1C(C)(C)CC(=O)O)OC(C)C. The number of carboxylic acids is 1. The van der Waals surface area contributed by atoms with Gasteiger partial charge in [-0.2, -0.15) is 0 Å². The summed E-state index contributed by atoms with van der Waals surface area (Å²) in [7, 11) is -4.04. The van der Waals surface area contributed by atoms with Crippen molar-refractivity contribution >= 4 is 19.8 Å². The van der Waals surface area contributed by atoms with Crippen LogP contribution >= 0.6 is 7.82 Å². The van der Waals surface area contributed by atoms with Gasteiger partial charge in [-0.1, -0.05) is 26.0 Å². The molecule has 0 heterocycles. The predicted molar refractivity (Wildman–Crippen MR) is 122 cm³/mol. The molecule has 8 nitrogen and oxygen atoms in total. The van der Waals surface area contributed by atoms with E-state index in [0.29, 0.717) is 11.1 Å². The first-order chi connectivity index (χ1) is 14.4. The molecule has 9 heteroatoms. The molecule has 0 aromatic heterocycles. The molecule has 0 amide bonds. The number of carboxylic acid groups (broad SMARTS) is 1. The van der Waals surface area contributed by atoms with Crippen molar-refractivity contribution in [3.63, 3.8) is 0 Å². The van der Waals surface area contributed by atoms with E-state index in [-0.39, 0.29) is 18.6 Å². The third-order valence-corrected chi connectivity index (χ3v) is 5.81. The number of carbonyl (C=O) groups excluding carboxylic acids is 1. The molecule has 0 aliphatic rings. The second kappa shape index (κ2) is 10.8. The van der Waals surface area contributed by atoms with Crippen LogP contribution in [0.25, 0.3) is 0 Å². The van der Waals surface area contributed by atoms with Gasteiger partial charge in [0.25, 0.3) is 0 Å². The number of ether oxygens (including phenoxy) is 1. The van der Waals surface area contributed by atoms with E-state index in [0.717, 1.165) is 0 Å². The van der Waals surface area contributed by atoms with E-state index in [1.165, 1.54) is 0 Å². The number of phosphoric ester groups is 1. The van der Waals surface area contributed by atoms with E-state index in [1.54, 1.807) is 80.5 Å². The van der Waals surface area contributed by atoms with Crippen molar-refractivity contribution in [3.05, 3.63) is 29.3 Å². The lowest BCUT2D eigenvalue weighted by Crippen LogP contribution is -2.28. The van der Waals surface area contributed by atoms with Crippen molar-refractivity contribution in [2.45, 2.75) is 98.4 Å². The first-order valence-corrected chi connectivity index (χ1v) is 12.1. The first-order valence-electron chi connectivity index (χ1n) is 10.7. The molecule has 1 aromatic rings. The molecule has 0 unspecified atom stereocenters. The second-order valence-corrected chi connectivity index (χ2v) is 11.4. The predicted octanol–water partition coefficient (Wildman–Crippen LogP) is 5.66. The van der Waals surface area contributed by atoms with Crippen LogP contribution in [0.15, 0.2) is 18.2 Å². The maximum atomic E-state index is 13.4. The van der Waals surface area contributed by atoms with Gasteiger partial charge in [0.05, 0.1) is 25.0 Å². The Labute approximate surface area is 191 Å². The van der Waals surface area contributed by atoms with E-state index in [1.807, 2.05) is 0 Å². The number of aliphatic carboxylic acids is 1. The molecule has 1 aromatic carbocycles. The fourth-order valence-electron chi connectivity index (χ4n) is 3.27. The van der Waals surface area contributed by atoms with E-state index in [2.05, 4.69) is 0 Å². The minimum absolute atomic E-state index is 0.104. The lowest BCUT2D eigenvalue weighted by atomic mass is 9.78. The molecule has 0 fully saturated rings. The van der Waals surface area contributed by atoms with Crippen LogP contribution in [0.4, 0.5) is 0 Å². The summed E-state index contributed by atoms with van der Waals surface area (Å²) in [6.45, 7) is 15.6. The fraction of sp³-hybridized carbons (Fsp3) is 0.652. The van der Waals surface area contributed by atoms with Gasteiger partial charge in [-0.05, 0) is 60.1 Å². The van der Waals surface area contributed by atoms with E-state index in [4.69, 9.17) is 18.3 Å². The highest BCUT2D eigenvalue weighted by Crippen LogP contribution is 2.53. The Hall–Kier alpha value is -1.89. The lowest BCUT2D eigenvalue weighted by molar-refractivity contribution is -0.153. The highest BCUT2D eigenvalue weighted by molar-refractivity contribution is 7.49. The van der Waals surface area contributed by atoms with Crippen LogP contribution in [-0.4, -0.2) is 34.9 Å². The molecule has 0 bridgehead atoms. The number of carbonyl (C=O) groups is 2. The molecule has 182 valence electrons. The second-order valence-electron chi connectivity index (χ2n) is 9.85. The summed E-state index contributed by atoms with van der Waals surface area (Å²) in [5, 5.41) is 9.46. The Morgan fingerprint density at radius 3 is 1.97 bits per heavy atom. The van der Waals surface area contributed by atoms with E-state index >= 15 is 0 Å². The van der Waals surface area contributed by atoms with Crippen LogP contribution in [0.2, 0.25) is 0 Å². The van der Waals surface area contributed by atoms with Gasteiger partial charge in [-0.25, -0.2) is 4.57 Å². The average Bonchev–Trinajstić information content (AvgIpc) is 2.49. The van der Waals surface area contributed by atoms with Crippen LogP contribution in [0.1, 0.15) is 79.9 Å². The lowest BCUT2D eigenvalue weighted by Gasteiger charge is -2.30. The molecule has 1 N–H and O–H groups in total. The van der Waals surface area contributed by atoms with Gasteiger partial charge in [-0.15, -0.1) is 0 Å². The Morgan fingerprint density at radius 1 is 1.00 bits per heavy atom. The van der Waals surface area contributed by atoms with Crippen LogP contribution in [0.5, 0.6) is 5.75 Å². The minimum atomic E-state index is -4.04. The third kappa shape index (κ3) is 9.31. The number of rotatable bonds is 11. The zero-order chi connectivity index (χ0) is 24.9. The zero-order valence-corrected chi connectivity index (χ0v) is 21.4. The van der Waals surface area contributed by atoms with Crippen molar-refractivity contribution in [1.29, 1.82) is 0 Å². The summed E-state index contributed by atoms with van der Waals surface area (Å²) in [5.41, 5.74) is -0.675. The van der Waals surface area contributed by atoms with Crippen molar-refractivity contribution in [1.82, 2.24) is 0 Å². The molecule has 0 saturated carbocycles. The Kier molecular flexibility index (Phi) is 9.51. The summed E-state index contributed by atoms with van der Waals surface area (Å²) in [5.74, 6) is -1.35. The van der Waals surface area contributed by atoms with Crippen molar-refractivity contribution in [2.75, 3.05) is 0 Å². The number of hydrogen-bond acceptors (Lipinski definition) is 7. The van der Waals surface area contributed by atoms with E-state index < -0.39 is 43.0 Å². The summed E-state index contributed by atoms with van der Waals surface area (Å²) in [6, 6.07) is 4.91. The number of phosphoric acid groups is 1. The first kappa shape index (κ1) is 28.1. The smallest absolute Gasteiger partial charge is 0.481 e. The van der Waals surface area contributed by atoms with Crippen molar-refractivity contribution in [2.24, 2.45) is 0 Å². The Bertz CT molecular complexity index is 838. The minimum Gasteiger partial charge on any atom is -0.481 e. The van der Waals surface area contributed by atoms with Gasteiger partial charge in [0, 0.05) is 11.0 Å². The standard InChI is InChI=1S/C23H37O8P/c1-15(2)29-32(27,30-16(3)4)31-18-12-10-11-17(13-20(26)28-22(5,6)7)21(18)23(8,9)14-19(24)25/h10-12,15-16H,13-14H2,1-9H3,(H,24,25). The molecule has 0 aliphatic heterocycles. The molecule has 0 spiro atoms. The normalized spacial score (nSPS) is 12.8. The van der Waals surface area contributed by atoms with Crippen molar-refractivity contribution in [3.8, 4) is 5.75 Å². The van der Waals surface area contributed by atoms with Crippen molar-refractivity contribution < 1.29 is 37.6 Å². The van der Waals surface area contributed by atoms with Crippen LogP contribution in [0, 0.1) is 0 Å². The Morgan fingerprint density at radius 2 is 1.53 bits per heavy atom. The number of esters is 1. The number of hydrogen-bond donors (Lipinski definition) is 1. The average molecular weight is 473 g/mol. The third-order valence-electron chi connectivity index (χ3n) is 4.03. The van der Waals surface area contributed by atoms with Gasteiger partial charge in [0.15, 0.2) is 0 Å². The topological polar surface area (TPSA) is 108 Å². The molecule has 32 heavy (non-hydrogen) atoms. The fourth-order valence-corrected chi connectivity index (χ4v) is 4.83. The van der Waals surface area contributed by atoms with Gasteiger partial charge in [0.2, 0.25) is 0 Å².